The first kappa shape index (κ1) is 33.2. The fourth-order valence-corrected chi connectivity index (χ4v) is 4.15. The van der Waals surface area contributed by atoms with E-state index in [9.17, 15) is 14.4 Å². The number of hydrogen-bond donors (Lipinski definition) is 4. The van der Waals surface area contributed by atoms with Crippen LogP contribution in [-0.4, -0.2) is 27.7 Å². The number of nitrogen functional groups attached to an aromatic ring is 1. The highest BCUT2D eigenvalue weighted by molar-refractivity contribution is 6.34. The SMILES string of the molecule is Cc1ccc(C(=O)Nc2cc(NC(=O)c3ccc(Cl)nc3)ccc2Cl)cc1.Nc1cc(NC(=O)c2ccc(Cl)nc2)ccc1Cl. The summed E-state index contributed by atoms with van der Waals surface area (Å²) in [6.45, 7) is 1.95. The predicted molar refractivity (Wildman–Crippen MR) is 181 cm³/mol. The number of aromatic nitrogens is 2. The molecule has 0 aliphatic heterocycles. The van der Waals surface area contributed by atoms with Gasteiger partial charge in [0, 0.05) is 29.3 Å². The van der Waals surface area contributed by atoms with E-state index in [1.54, 1.807) is 66.7 Å². The van der Waals surface area contributed by atoms with Crippen LogP contribution in [0, 0.1) is 6.92 Å². The van der Waals surface area contributed by atoms with Crippen LogP contribution in [0.1, 0.15) is 36.6 Å². The van der Waals surface area contributed by atoms with E-state index in [1.807, 2.05) is 19.1 Å². The molecule has 13 heteroatoms. The van der Waals surface area contributed by atoms with Gasteiger partial charge in [0.05, 0.1) is 32.5 Å². The van der Waals surface area contributed by atoms with Gasteiger partial charge in [-0.3, -0.25) is 14.4 Å². The lowest BCUT2D eigenvalue weighted by Crippen LogP contribution is -2.14. The molecule has 0 saturated heterocycles. The number of halogens is 4. The first-order valence-electron chi connectivity index (χ1n) is 13.1. The third-order valence-electron chi connectivity index (χ3n) is 6.02. The molecule has 2 heterocycles. The van der Waals surface area contributed by atoms with E-state index < -0.39 is 0 Å². The molecule has 3 aromatic carbocycles. The average molecular weight is 682 g/mol. The lowest BCUT2D eigenvalue weighted by Gasteiger charge is -2.11. The molecular weight excluding hydrogens is 658 g/mol. The summed E-state index contributed by atoms with van der Waals surface area (Å²) in [6.07, 6.45) is 2.78. The number of nitrogens with one attached hydrogen (secondary N) is 3. The van der Waals surface area contributed by atoms with E-state index >= 15 is 0 Å². The van der Waals surface area contributed by atoms with Crippen LogP contribution >= 0.6 is 46.4 Å². The Morgan fingerprint density at radius 1 is 0.578 bits per heavy atom. The minimum atomic E-state index is -0.350. The highest BCUT2D eigenvalue weighted by Crippen LogP contribution is 2.27. The molecule has 0 atom stereocenters. The van der Waals surface area contributed by atoms with Crippen LogP contribution in [0.3, 0.4) is 0 Å². The van der Waals surface area contributed by atoms with Gasteiger partial charge in [-0.1, -0.05) is 64.1 Å². The molecule has 3 amide bonds. The van der Waals surface area contributed by atoms with Crippen molar-refractivity contribution in [1.82, 2.24) is 9.97 Å². The molecule has 0 unspecified atom stereocenters. The summed E-state index contributed by atoms with van der Waals surface area (Å²) in [5.41, 5.74) is 9.84. The summed E-state index contributed by atoms with van der Waals surface area (Å²) >= 11 is 23.3. The van der Waals surface area contributed by atoms with Crippen molar-refractivity contribution in [3.63, 3.8) is 0 Å². The lowest BCUT2D eigenvalue weighted by molar-refractivity contribution is 0.101. The van der Waals surface area contributed by atoms with Gasteiger partial charge in [0.2, 0.25) is 0 Å². The van der Waals surface area contributed by atoms with E-state index in [4.69, 9.17) is 52.1 Å². The molecule has 228 valence electrons. The molecule has 0 bridgehead atoms. The molecule has 0 aliphatic rings. The van der Waals surface area contributed by atoms with Crippen molar-refractivity contribution in [3.8, 4) is 0 Å². The normalized spacial score (nSPS) is 10.2. The number of aryl methyl sites for hydroxylation is 1. The maximum atomic E-state index is 12.4. The topological polar surface area (TPSA) is 139 Å². The zero-order valence-electron chi connectivity index (χ0n) is 23.4. The van der Waals surface area contributed by atoms with Crippen molar-refractivity contribution >= 4 is 86.9 Å². The van der Waals surface area contributed by atoms with Gasteiger partial charge in [-0.2, -0.15) is 0 Å². The molecule has 0 spiro atoms. The number of hydrogen-bond acceptors (Lipinski definition) is 6. The monoisotopic (exact) mass is 680 g/mol. The second kappa shape index (κ2) is 15.4. The first-order valence-corrected chi connectivity index (χ1v) is 14.6. The Bertz CT molecular complexity index is 1830. The molecule has 5 aromatic rings. The molecule has 5 rings (SSSR count). The molecule has 9 nitrogen and oxygen atoms in total. The highest BCUT2D eigenvalue weighted by Gasteiger charge is 2.12. The van der Waals surface area contributed by atoms with Crippen molar-refractivity contribution in [3.05, 3.63) is 140 Å². The number of anilines is 4. The van der Waals surface area contributed by atoms with Crippen LogP contribution in [-0.2, 0) is 0 Å². The van der Waals surface area contributed by atoms with Gasteiger partial charge >= 0.3 is 0 Å². The van der Waals surface area contributed by atoms with Gasteiger partial charge in [-0.25, -0.2) is 9.97 Å². The minimum Gasteiger partial charge on any atom is -0.397 e. The molecule has 0 fully saturated rings. The predicted octanol–water partition coefficient (Wildman–Crippen LogP) is 8.42. The summed E-state index contributed by atoms with van der Waals surface area (Å²) in [5.74, 6) is -0.930. The second-order valence-electron chi connectivity index (χ2n) is 9.40. The third-order valence-corrected chi connectivity index (χ3v) is 7.14. The average Bonchev–Trinajstić information content (AvgIpc) is 3.02. The highest BCUT2D eigenvalue weighted by atomic mass is 35.5. The number of amides is 3. The van der Waals surface area contributed by atoms with Crippen molar-refractivity contribution < 1.29 is 14.4 Å². The summed E-state index contributed by atoms with van der Waals surface area (Å²) in [7, 11) is 0. The summed E-state index contributed by atoms with van der Waals surface area (Å²) in [6, 6.07) is 23.1. The Balaban J connectivity index is 0.000000222. The smallest absolute Gasteiger partial charge is 0.257 e. The van der Waals surface area contributed by atoms with Crippen LogP contribution < -0.4 is 21.7 Å². The minimum absolute atomic E-state index is 0.290. The number of rotatable bonds is 6. The fraction of sp³-hybridized carbons (Fsp3) is 0.0312. The Morgan fingerprint density at radius 3 is 1.53 bits per heavy atom. The number of pyridine rings is 2. The second-order valence-corrected chi connectivity index (χ2v) is 11.0. The molecular formula is C32H24Cl4N6O3. The van der Waals surface area contributed by atoms with Crippen LogP contribution in [0.15, 0.2) is 97.3 Å². The van der Waals surface area contributed by atoms with E-state index in [0.29, 0.717) is 59.8 Å². The van der Waals surface area contributed by atoms with Gasteiger partial charge in [0.15, 0.2) is 0 Å². The quantitative estimate of drug-likeness (QED) is 0.105. The third kappa shape index (κ3) is 9.66. The maximum Gasteiger partial charge on any atom is 0.257 e. The van der Waals surface area contributed by atoms with Gasteiger partial charge in [0.1, 0.15) is 10.3 Å². The number of carbonyl (C=O) groups excluding carboxylic acids is 3. The van der Waals surface area contributed by atoms with Crippen LogP contribution in [0.2, 0.25) is 20.4 Å². The van der Waals surface area contributed by atoms with E-state index in [-0.39, 0.29) is 17.7 Å². The van der Waals surface area contributed by atoms with Crippen molar-refractivity contribution in [1.29, 1.82) is 0 Å². The molecule has 0 aliphatic carbocycles. The summed E-state index contributed by atoms with van der Waals surface area (Å²) in [5, 5.41) is 9.62. The van der Waals surface area contributed by atoms with Gasteiger partial charge in [-0.05, 0) is 79.7 Å². The Labute approximate surface area is 278 Å². The van der Waals surface area contributed by atoms with Crippen LogP contribution in [0.4, 0.5) is 22.7 Å². The molecule has 0 radical (unpaired) electrons. The van der Waals surface area contributed by atoms with E-state index in [0.717, 1.165) is 5.56 Å². The first-order chi connectivity index (χ1) is 21.5. The van der Waals surface area contributed by atoms with Crippen molar-refractivity contribution in [2.75, 3.05) is 21.7 Å². The molecule has 0 saturated carbocycles. The summed E-state index contributed by atoms with van der Waals surface area (Å²) < 4.78 is 0. The molecule has 45 heavy (non-hydrogen) atoms. The van der Waals surface area contributed by atoms with Gasteiger partial charge in [0.25, 0.3) is 17.7 Å². The largest absolute Gasteiger partial charge is 0.397 e. The fourth-order valence-electron chi connectivity index (χ4n) is 3.65. The maximum absolute atomic E-state index is 12.4. The number of nitrogens with zero attached hydrogens (tertiary/aromatic N) is 2. The molecule has 5 N–H and O–H groups in total. The Kier molecular flexibility index (Phi) is 11.3. The Hall–Kier alpha value is -4.67. The summed E-state index contributed by atoms with van der Waals surface area (Å²) in [4.78, 5) is 44.2. The standard InChI is InChI=1S/C20H15Cl2N3O2.C12H9Cl2N3O/c1-12-2-4-13(5-3-12)19(26)25-17-10-15(7-8-16(17)21)24-20(27)14-6-9-18(22)23-11-14;13-9-3-2-8(5-10(9)15)17-12(18)7-1-4-11(14)16-6-7/h2-11H,1H3,(H,24,27)(H,25,26);1-6H,15H2,(H,17,18). The van der Waals surface area contributed by atoms with Crippen LogP contribution in [0.5, 0.6) is 0 Å². The number of nitrogens with two attached hydrogens (primary N) is 1. The molecule has 2 aromatic heterocycles. The zero-order chi connectivity index (χ0) is 32.5. The van der Waals surface area contributed by atoms with E-state index in [1.165, 1.54) is 18.5 Å². The number of benzene rings is 3. The van der Waals surface area contributed by atoms with Crippen LogP contribution in [0.25, 0.3) is 0 Å². The van der Waals surface area contributed by atoms with Gasteiger partial charge in [-0.15, -0.1) is 0 Å². The Morgan fingerprint density at radius 2 is 1.04 bits per heavy atom. The van der Waals surface area contributed by atoms with E-state index in [2.05, 4.69) is 25.9 Å². The van der Waals surface area contributed by atoms with Crippen molar-refractivity contribution in [2.45, 2.75) is 6.92 Å². The lowest BCUT2D eigenvalue weighted by atomic mass is 10.1. The zero-order valence-corrected chi connectivity index (χ0v) is 26.5. The number of carbonyl (C=O) groups is 3. The van der Waals surface area contributed by atoms with Gasteiger partial charge < -0.3 is 21.7 Å². The van der Waals surface area contributed by atoms with Crippen molar-refractivity contribution in [2.24, 2.45) is 0 Å².